The Labute approximate surface area is 161 Å². The van der Waals surface area contributed by atoms with E-state index < -0.39 is 0 Å². The zero-order valence-corrected chi connectivity index (χ0v) is 16.3. The van der Waals surface area contributed by atoms with Gasteiger partial charge >= 0.3 is 0 Å². The van der Waals surface area contributed by atoms with Crippen LogP contribution in [0.15, 0.2) is 52.0 Å². The number of halogens is 1. The standard InChI is InChI=1S/C21H21BrN2O2/c1-25-16-7-4-14(5-8-16)18-13-19-17-12-15(22)6-9-20(17)26-21(24(19)23-18)10-2-3-11-21/h4-9,12,19H,2-3,10-11,13H2,1H3/t19-/m1/s1. The van der Waals surface area contributed by atoms with Crippen molar-refractivity contribution in [3.8, 4) is 11.5 Å². The fourth-order valence-corrected chi connectivity index (χ4v) is 4.85. The van der Waals surface area contributed by atoms with Crippen LogP contribution < -0.4 is 9.47 Å². The number of rotatable bonds is 2. The van der Waals surface area contributed by atoms with Gasteiger partial charge in [0.1, 0.15) is 11.5 Å². The summed E-state index contributed by atoms with van der Waals surface area (Å²) < 4.78 is 12.9. The Hall–Kier alpha value is -2.01. The molecule has 1 atom stereocenters. The van der Waals surface area contributed by atoms with Gasteiger partial charge in [0.15, 0.2) is 5.72 Å². The van der Waals surface area contributed by atoms with Crippen LogP contribution in [0.25, 0.3) is 0 Å². The molecule has 0 unspecified atom stereocenters. The largest absolute Gasteiger partial charge is 0.497 e. The van der Waals surface area contributed by atoms with Crippen molar-refractivity contribution in [2.45, 2.75) is 43.9 Å². The second-order valence-corrected chi connectivity index (χ2v) is 8.19. The minimum Gasteiger partial charge on any atom is -0.497 e. The highest BCUT2D eigenvalue weighted by Crippen LogP contribution is 2.52. The van der Waals surface area contributed by atoms with Crippen molar-refractivity contribution in [2.24, 2.45) is 5.10 Å². The second-order valence-electron chi connectivity index (χ2n) is 7.28. The van der Waals surface area contributed by atoms with Gasteiger partial charge in [-0.25, -0.2) is 5.01 Å². The van der Waals surface area contributed by atoms with E-state index in [2.05, 4.69) is 51.3 Å². The van der Waals surface area contributed by atoms with E-state index >= 15 is 0 Å². The van der Waals surface area contributed by atoms with Crippen molar-refractivity contribution in [3.05, 3.63) is 58.1 Å². The van der Waals surface area contributed by atoms with Crippen LogP contribution in [0.2, 0.25) is 0 Å². The molecule has 3 aliphatic rings. The van der Waals surface area contributed by atoms with Gasteiger partial charge in [-0.2, -0.15) is 5.10 Å². The lowest BCUT2D eigenvalue weighted by molar-refractivity contribution is -0.114. The Balaban J connectivity index is 1.57. The average Bonchev–Trinajstić information content (AvgIpc) is 3.31. The minimum absolute atomic E-state index is 0.242. The molecule has 0 N–H and O–H groups in total. The summed E-state index contributed by atoms with van der Waals surface area (Å²) in [5, 5.41) is 7.33. The Morgan fingerprint density at radius 1 is 1.15 bits per heavy atom. The molecule has 0 radical (unpaired) electrons. The zero-order chi connectivity index (χ0) is 17.7. The topological polar surface area (TPSA) is 34.1 Å². The van der Waals surface area contributed by atoms with Crippen molar-refractivity contribution < 1.29 is 9.47 Å². The fraction of sp³-hybridized carbons (Fsp3) is 0.381. The lowest BCUT2D eigenvalue weighted by Crippen LogP contribution is -2.51. The maximum atomic E-state index is 6.55. The molecule has 1 aliphatic carbocycles. The first-order valence-electron chi connectivity index (χ1n) is 9.18. The Morgan fingerprint density at radius 2 is 1.92 bits per heavy atom. The van der Waals surface area contributed by atoms with E-state index in [1.54, 1.807) is 7.11 Å². The van der Waals surface area contributed by atoms with Gasteiger partial charge in [0.25, 0.3) is 0 Å². The van der Waals surface area contributed by atoms with E-state index in [1.165, 1.54) is 18.4 Å². The predicted molar refractivity (Wildman–Crippen MR) is 105 cm³/mol. The smallest absolute Gasteiger partial charge is 0.198 e. The van der Waals surface area contributed by atoms with Crippen LogP contribution in [0.3, 0.4) is 0 Å². The number of nitrogens with zero attached hydrogens (tertiary/aromatic N) is 2. The molecule has 0 saturated heterocycles. The monoisotopic (exact) mass is 412 g/mol. The van der Waals surface area contributed by atoms with E-state index in [0.717, 1.165) is 46.5 Å². The van der Waals surface area contributed by atoms with Gasteiger partial charge < -0.3 is 9.47 Å². The van der Waals surface area contributed by atoms with Crippen molar-refractivity contribution in [1.29, 1.82) is 0 Å². The van der Waals surface area contributed by atoms with E-state index in [4.69, 9.17) is 14.6 Å². The highest BCUT2D eigenvalue weighted by atomic mass is 79.9. The molecular weight excluding hydrogens is 392 g/mol. The van der Waals surface area contributed by atoms with Crippen LogP contribution in [0.1, 0.15) is 49.3 Å². The van der Waals surface area contributed by atoms with Crippen LogP contribution in [-0.4, -0.2) is 23.6 Å². The van der Waals surface area contributed by atoms with Gasteiger partial charge in [0.2, 0.25) is 0 Å². The molecule has 2 aromatic carbocycles. The van der Waals surface area contributed by atoms with Crippen molar-refractivity contribution in [2.75, 3.05) is 7.11 Å². The number of fused-ring (bicyclic) bond motifs is 4. The van der Waals surface area contributed by atoms with Gasteiger partial charge in [0, 0.05) is 29.3 Å². The van der Waals surface area contributed by atoms with Crippen LogP contribution in [-0.2, 0) is 0 Å². The third-order valence-electron chi connectivity index (χ3n) is 5.77. The summed E-state index contributed by atoms with van der Waals surface area (Å²) in [7, 11) is 1.69. The van der Waals surface area contributed by atoms with Gasteiger partial charge in [-0.05, 0) is 60.9 Å². The van der Waals surface area contributed by atoms with Gasteiger partial charge in [-0.15, -0.1) is 0 Å². The van der Waals surface area contributed by atoms with Crippen LogP contribution in [0, 0.1) is 0 Å². The van der Waals surface area contributed by atoms with E-state index in [9.17, 15) is 0 Å². The Morgan fingerprint density at radius 3 is 2.65 bits per heavy atom. The number of hydrazone groups is 1. The second kappa shape index (κ2) is 6.02. The summed E-state index contributed by atoms with van der Waals surface area (Å²) >= 11 is 3.61. The molecule has 1 fully saturated rings. The SMILES string of the molecule is COc1ccc(C2=NN3[C@H](C2)c2cc(Br)ccc2OC32CCCC2)cc1. The normalized spacial score (nSPS) is 22.6. The molecule has 0 amide bonds. The quantitative estimate of drug-likeness (QED) is 0.673. The number of benzene rings is 2. The summed E-state index contributed by atoms with van der Waals surface area (Å²) in [6.07, 6.45) is 5.38. The molecular formula is C21H21BrN2O2. The zero-order valence-electron chi connectivity index (χ0n) is 14.7. The Bertz CT molecular complexity index is 872. The summed E-state index contributed by atoms with van der Waals surface area (Å²) in [6.45, 7) is 0. The first-order chi connectivity index (χ1) is 12.7. The molecule has 2 heterocycles. The summed E-state index contributed by atoms with van der Waals surface area (Å²) in [5.74, 6) is 1.89. The minimum atomic E-state index is -0.278. The van der Waals surface area contributed by atoms with Crippen molar-refractivity contribution in [3.63, 3.8) is 0 Å². The maximum Gasteiger partial charge on any atom is 0.198 e. The fourth-order valence-electron chi connectivity index (χ4n) is 4.47. The molecule has 5 heteroatoms. The molecule has 2 aliphatic heterocycles. The van der Waals surface area contributed by atoms with Gasteiger partial charge in [-0.1, -0.05) is 15.9 Å². The van der Waals surface area contributed by atoms with Gasteiger partial charge in [-0.3, -0.25) is 0 Å². The van der Waals surface area contributed by atoms with Crippen LogP contribution in [0.4, 0.5) is 0 Å². The van der Waals surface area contributed by atoms with Gasteiger partial charge in [0.05, 0.1) is 18.9 Å². The third-order valence-corrected chi connectivity index (χ3v) is 6.26. The van der Waals surface area contributed by atoms with Crippen molar-refractivity contribution in [1.82, 2.24) is 5.01 Å². The lowest BCUT2D eigenvalue weighted by Gasteiger charge is -2.45. The number of methoxy groups -OCH3 is 1. The third kappa shape index (κ3) is 2.44. The first kappa shape index (κ1) is 16.2. The molecule has 0 aromatic heterocycles. The molecule has 4 nitrogen and oxygen atoms in total. The van der Waals surface area contributed by atoms with E-state index in [1.807, 2.05) is 12.1 Å². The Kier molecular flexibility index (Phi) is 3.74. The summed E-state index contributed by atoms with van der Waals surface area (Å²) in [5.41, 5.74) is 3.23. The number of hydrogen-bond donors (Lipinski definition) is 0. The molecule has 26 heavy (non-hydrogen) atoms. The number of ether oxygens (including phenoxy) is 2. The molecule has 0 bridgehead atoms. The van der Waals surface area contributed by atoms with E-state index in [-0.39, 0.29) is 11.8 Å². The lowest BCUT2D eigenvalue weighted by atomic mass is 9.94. The average molecular weight is 413 g/mol. The summed E-state index contributed by atoms with van der Waals surface area (Å²) in [4.78, 5) is 0. The molecule has 1 saturated carbocycles. The van der Waals surface area contributed by atoms with E-state index in [0.29, 0.717) is 0 Å². The highest BCUT2D eigenvalue weighted by Gasteiger charge is 2.51. The maximum absolute atomic E-state index is 6.55. The summed E-state index contributed by atoms with van der Waals surface area (Å²) in [6, 6.07) is 14.8. The first-order valence-corrected chi connectivity index (χ1v) is 9.97. The van der Waals surface area contributed by atoms with Crippen molar-refractivity contribution >= 4 is 21.6 Å². The van der Waals surface area contributed by atoms with Crippen LogP contribution >= 0.6 is 15.9 Å². The predicted octanol–water partition coefficient (Wildman–Crippen LogP) is 5.27. The molecule has 5 rings (SSSR count). The number of hydrogen-bond acceptors (Lipinski definition) is 4. The van der Waals surface area contributed by atoms with Crippen LogP contribution in [0.5, 0.6) is 11.5 Å². The molecule has 1 spiro atoms. The molecule has 134 valence electrons. The molecule has 2 aromatic rings. The highest BCUT2D eigenvalue weighted by molar-refractivity contribution is 9.10.